The molecule has 1 aromatic heterocycles. The van der Waals surface area contributed by atoms with Gasteiger partial charge < -0.3 is 15.0 Å². The van der Waals surface area contributed by atoms with Crippen LogP contribution in [0.1, 0.15) is 32.6 Å². The summed E-state index contributed by atoms with van der Waals surface area (Å²) < 4.78 is 5.75. The third-order valence-electron chi connectivity index (χ3n) is 2.92. The standard InChI is InChI=1S/C13H23N3OS/c1-9(2)14-5-12-6-15-13(18-12)16-7-10(3)17-11(4)8-16/h6,9-11,14H,5,7-8H2,1-4H3/t10-,11+. The van der Waals surface area contributed by atoms with E-state index in [2.05, 4.69) is 42.9 Å². The van der Waals surface area contributed by atoms with Gasteiger partial charge in [-0.25, -0.2) is 4.98 Å². The quantitative estimate of drug-likeness (QED) is 0.910. The van der Waals surface area contributed by atoms with Crippen LogP contribution in [-0.4, -0.2) is 36.3 Å². The smallest absolute Gasteiger partial charge is 0.185 e. The molecule has 0 aliphatic carbocycles. The van der Waals surface area contributed by atoms with Gasteiger partial charge in [-0.3, -0.25) is 0 Å². The molecule has 0 unspecified atom stereocenters. The van der Waals surface area contributed by atoms with Crippen molar-refractivity contribution in [1.82, 2.24) is 10.3 Å². The summed E-state index contributed by atoms with van der Waals surface area (Å²) in [6, 6.07) is 0.513. The van der Waals surface area contributed by atoms with E-state index < -0.39 is 0 Å². The summed E-state index contributed by atoms with van der Waals surface area (Å²) in [5, 5.41) is 4.55. The summed E-state index contributed by atoms with van der Waals surface area (Å²) >= 11 is 1.78. The van der Waals surface area contributed by atoms with E-state index in [4.69, 9.17) is 4.74 Å². The van der Waals surface area contributed by atoms with Crippen LogP contribution in [0.5, 0.6) is 0 Å². The molecule has 1 aromatic rings. The van der Waals surface area contributed by atoms with E-state index in [1.54, 1.807) is 11.3 Å². The van der Waals surface area contributed by atoms with E-state index in [0.29, 0.717) is 6.04 Å². The fourth-order valence-corrected chi connectivity index (χ4v) is 3.04. The second-order valence-electron chi connectivity index (χ2n) is 5.31. The number of rotatable bonds is 4. The normalized spacial score (nSPS) is 24.8. The highest BCUT2D eigenvalue weighted by Gasteiger charge is 2.24. The molecule has 1 saturated heterocycles. The van der Waals surface area contributed by atoms with Gasteiger partial charge in [0.2, 0.25) is 0 Å². The van der Waals surface area contributed by atoms with Crippen LogP contribution in [0.15, 0.2) is 6.20 Å². The maximum Gasteiger partial charge on any atom is 0.185 e. The molecule has 1 aliphatic heterocycles. The number of ether oxygens (including phenoxy) is 1. The van der Waals surface area contributed by atoms with Crippen molar-refractivity contribution in [2.75, 3.05) is 18.0 Å². The predicted octanol–water partition coefficient (Wildman–Crippen LogP) is 2.25. The van der Waals surface area contributed by atoms with E-state index >= 15 is 0 Å². The molecular formula is C13H23N3OS. The molecule has 0 radical (unpaired) electrons. The van der Waals surface area contributed by atoms with Crippen LogP contribution >= 0.6 is 11.3 Å². The minimum atomic E-state index is 0.287. The van der Waals surface area contributed by atoms with Crippen molar-refractivity contribution in [3.8, 4) is 0 Å². The van der Waals surface area contributed by atoms with Gasteiger partial charge >= 0.3 is 0 Å². The van der Waals surface area contributed by atoms with E-state index in [9.17, 15) is 0 Å². The van der Waals surface area contributed by atoms with Crippen LogP contribution in [0.4, 0.5) is 5.13 Å². The second kappa shape index (κ2) is 5.99. The lowest BCUT2D eigenvalue weighted by Gasteiger charge is -2.35. The monoisotopic (exact) mass is 269 g/mol. The van der Waals surface area contributed by atoms with Crippen molar-refractivity contribution >= 4 is 16.5 Å². The molecule has 0 amide bonds. The van der Waals surface area contributed by atoms with Crippen LogP contribution < -0.4 is 10.2 Å². The lowest BCUT2D eigenvalue weighted by Crippen LogP contribution is -2.45. The first-order valence-electron chi connectivity index (χ1n) is 6.63. The van der Waals surface area contributed by atoms with E-state index in [-0.39, 0.29) is 12.2 Å². The van der Waals surface area contributed by atoms with Crippen molar-refractivity contribution in [2.45, 2.75) is 52.5 Å². The summed E-state index contributed by atoms with van der Waals surface area (Å²) in [5.41, 5.74) is 0. The van der Waals surface area contributed by atoms with Crippen molar-refractivity contribution in [3.63, 3.8) is 0 Å². The molecule has 0 bridgehead atoms. The van der Waals surface area contributed by atoms with E-state index in [1.807, 2.05) is 6.20 Å². The minimum absolute atomic E-state index is 0.287. The third kappa shape index (κ3) is 3.67. The van der Waals surface area contributed by atoms with Gasteiger partial charge in [0, 0.05) is 36.8 Å². The lowest BCUT2D eigenvalue weighted by molar-refractivity contribution is -0.00522. The molecule has 18 heavy (non-hydrogen) atoms. The Labute approximate surface area is 113 Å². The van der Waals surface area contributed by atoms with Gasteiger partial charge in [0.1, 0.15) is 0 Å². The average molecular weight is 269 g/mol. The largest absolute Gasteiger partial charge is 0.372 e. The molecule has 1 fully saturated rings. The first-order valence-corrected chi connectivity index (χ1v) is 7.44. The van der Waals surface area contributed by atoms with Crippen LogP contribution in [0.3, 0.4) is 0 Å². The van der Waals surface area contributed by atoms with Gasteiger partial charge in [-0.1, -0.05) is 13.8 Å². The van der Waals surface area contributed by atoms with Gasteiger partial charge in [-0.2, -0.15) is 0 Å². The van der Waals surface area contributed by atoms with Crippen molar-refractivity contribution < 1.29 is 4.74 Å². The van der Waals surface area contributed by atoms with Gasteiger partial charge in [0.15, 0.2) is 5.13 Å². The molecule has 2 heterocycles. The highest BCUT2D eigenvalue weighted by atomic mass is 32.1. The molecule has 0 aromatic carbocycles. The zero-order valence-electron chi connectivity index (χ0n) is 11.6. The van der Waals surface area contributed by atoms with E-state index in [0.717, 1.165) is 24.8 Å². The topological polar surface area (TPSA) is 37.4 Å². The Morgan fingerprint density at radius 2 is 2.11 bits per heavy atom. The SMILES string of the molecule is CC(C)NCc1cnc(N2C[C@@H](C)O[C@@H](C)C2)s1. The van der Waals surface area contributed by atoms with Crippen LogP contribution in [-0.2, 0) is 11.3 Å². The summed E-state index contributed by atoms with van der Waals surface area (Å²) in [5.74, 6) is 0. The fraction of sp³-hybridized carbons (Fsp3) is 0.769. The number of morpholine rings is 1. The molecule has 2 atom stereocenters. The molecule has 4 nitrogen and oxygen atoms in total. The van der Waals surface area contributed by atoms with Crippen molar-refractivity contribution in [2.24, 2.45) is 0 Å². The minimum Gasteiger partial charge on any atom is -0.372 e. The third-order valence-corrected chi connectivity index (χ3v) is 3.97. The molecule has 5 heteroatoms. The summed E-state index contributed by atoms with van der Waals surface area (Å²) in [6.07, 6.45) is 2.56. The van der Waals surface area contributed by atoms with Gasteiger partial charge in [-0.05, 0) is 13.8 Å². The molecule has 1 N–H and O–H groups in total. The Morgan fingerprint density at radius 1 is 1.44 bits per heavy atom. The van der Waals surface area contributed by atoms with Gasteiger partial charge in [0.25, 0.3) is 0 Å². The number of thiazole rings is 1. The first-order chi connectivity index (χ1) is 8.54. The number of hydrogen-bond donors (Lipinski definition) is 1. The first kappa shape index (κ1) is 13.8. The zero-order valence-corrected chi connectivity index (χ0v) is 12.5. The average Bonchev–Trinajstić information content (AvgIpc) is 2.73. The molecule has 0 saturated carbocycles. The number of aromatic nitrogens is 1. The zero-order chi connectivity index (χ0) is 13.1. The summed E-state index contributed by atoms with van der Waals surface area (Å²) in [4.78, 5) is 8.17. The number of nitrogens with one attached hydrogen (secondary N) is 1. The van der Waals surface area contributed by atoms with Crippen molar-refractivity contribution in [1.29, 1.82) is 0 Å². The van der Waals surface area contributed by atoms with E-state index in [1.165, 1.54) is 4.88 Å². The van der Waals surface area contributed by atoms with Crippen molar-refractivity contribution in [3.05, 3.63) is 11.1 Å². The molecule has 1 aliphatic rings. The molecule has 102 valence electrons. The number of anilines is 1. The Hall–Kier alpha value is -0.650. The predicted molar refractivity (Wildman–Crippen MR) is 76.3 cm³/mol. The Kier molecular flexibility index (Phi) is 4.59. The molecular weight excluding hydrogens is 246 g/mol. The maximum atomic E-state index is 5.75. The maximum absolute atomic E-state index is 5.75. The molecule has 0 spiro atoms. The lowest BCUT2D eigenvalue weighted by atomic mass is 10.2. The summed E-state index contributed by atoms with van der Waals surface area (Å²) in [7, 11) is 0. The highest BCUT2D eigenvalue weighted by molar-refractivity contribution is 7.15. The Morgan fingerprint density at radius 3 is 2.72 bits per heavy atom. The van der Waals surface area contributed by atoms with Crippen LogP contribution in [0, 0.1) is 0 Å². The highest BCUT2D eigenvalue weighted by Crippen LogP contribution is 2.25. The number of nitrogens with zero attached hydrogens (tertiary/aromatic N) is 2. The Bertz CT molecular complexity index is 370. The second-order valence-corrected chi connectivity index (χ2v) is 6.40. The van der Waals surface area contributed by atoms with Crippen LogP contribution in [0.2, 0.25) is 0 Å². The fourth-order valence-electron chi connectivity index (χ4n) is 2.16. The molecule has 2 rings (SSSR count). The Balaban J connectivity index is 1.96. The number of hydrogen-bond acceptors (Lipinski definition) is 5. The van der Waals surface area contributed by atoms with Gasteiger partial charge in [-0.15, -0.1) is 11.3 Å². The van der Waals surface area contributed by atoms with Gasteiger partial charge in [0.05, 0.1) is 12.2 Å². The van der Waals surface area contributed by atoms with Crippen LogP contribution in [0.25, 0.3) is 0 Å². The summed E-state index contributed by atoms with van der Waals surface area (Å²) in [6.45, 7) is 11.4.